The Morgan fingerprint density at radius 1 is 1.08 bits per heavy atom. The van der Waals surface area contributed by atoms with Crippen molar-refractivity contribution in [3.8, 4) is 0 Å². The van der Waals surface area contributed by atoms with Crippen molar-refractivity contribution in [2.24, 2.45) is 0 Å². The zero-order valence-electron chi connectivity index (χ0n) is 15.0. The van der Waals surface area contributed by atoms with E-state index in [2.05, 4.69) is 40.8 Å². The first kappa shape index (κ1) is 17.6. The third-order valence-corrected chi connectivity index (χ3v) is 5.03. The molecule has 1 fully saturated rings. The summed E-state index contributed by atoms with van der Waals surface area (Å²) >= 11 is 0. The van der Waals surface area contributed by atoms with Crippen LogP contribution in [0, 0.1) is 0 Å². The van der Waals surface area contributed by atoms with Gasteiger partial charge in [0.25, 0.3) is 0 Å². The summed E-state index contributed by atoms with van der Waals surface area (Å²) in [5.41, 5.74) is 3.75. The van der Waals surface area contributed by atoms with E-state index in [-0.39, 0.29) is 11.9 Å². The third-order valence-electron chi connectivity index (χ3n) is 5.03. The molecule has 3 rings (SSSR count). The Morgan fingerprint density at radius 3 is 2.68 bits per heavy atom. The molecule has 0 saturated carbocycles. The Balaban J connectivity index is 1.39. The van der Waals surface area contributed by atoms with Gasteiger partial charge in [0.15, 0.2) is 0 Å². The van der Waals surface area contributed by atoms with Crippen molar-refractivity contribution in [1.29, 1.82) is 0 Å². The molecule has 2 aliphatic rings. The quantitative estimate of drug-likeness (QED) is 0.857. The van der Waals surface area contributed by atoms with Crippen molar-refractivity contribution in [3.05, 3.63) is 29.3 Å². The van der Waals surface area contributed by atoms with E-state index >= 15 is 0 Å². The fraction of sp³-hybridized carbons (Fsp3) is 0.579. The molecule has 2 aliphatic heterocycles. The maximum absolute atomic E-state index is 11.9. The second-order valence-electron chi connectivity index (χ2n) is 6.94. The summed E-state index contributed by atoms with van der Waals surface area (Å²) in [6, 6.07) is 6.17. The molecule has 0 bridgehead atoms. The van der Waals surface area contributed by atoms with Crippen LogP contribution in [0.4, 0.5) is 10.5 Å². The number of aryl methyl sites for hydroxylation is 1. The van der Waals surface area contributed by atoms with E-state index in [0.29, 0.717) is 19.5 Å². The molecule has 6 heteroatoms. The number of nitrogens with one attached hydrogen (secondary N) is 2. The molecule has 0 aliphatic carbocycles. The van der Waals surface area contributed by atoms with Gasteiger partial charge in [-0.05, 0) is 42.9 Å². The van der Waals surface area contributed by atoms with Crippen LogP contribution in [-0.4, -0.2) is 50.1 Å². The lowest BCUT2D eigenvalue weighted by Crippen LogP contribution is -2.38. The lowest BCUT2D eigenvalue weighted by molar-refractivity contribution is -0.129. The van der Waals surface area contributed by atoms with Crippen molar-refractivity contribution in [2.45, 2.75) is 38.6 Å². The third kappa shape index (κ3) is 4.65. The molecule has 0 atom stereocenters. The molecule has 0 radical (unpaired) electrons. The van der Waals surface area contributed by atoms with Crippen LogP contribution in [-0.2, 0) is 17.8 Å². The SMILES string of the molecule is CN1CCCc2cc(CNC(=O)NCCC(=O)N3CCCC3)ccc21. The molecule has 2 N–H and O–H groups in total. The highest BCUT2D eigenvalue weighted by Crippen LogP contribution is 2.26. The minimum absolute atomic E-state index is 0.136. The Labute approximate surface area is 149 Å². The van der Waals surface area contributed by atoms with E-state index in [9.17, 15) is 9.59 Å². The van der Waals surface area contributed by atoms with Crippen LogP contribution in [0.5, 0.6) is 0 Å². The standard InChI is InChI=1S/C19H28N4O2/c1-22-10-4-5-16-13-15(6-7-17(16)22)14-21-19(25)20-9-8-18(24)23-11-2-3-12-23/h6-7,13H,2-5,8-12,14H2,1H3,(H2,20,21,25). The van der Waals surface area contributed by atoms with Crippen molar-refractivity contribution in [2.75, 3.05) is 38.1 Å². The van der Waals surface area contributed by atoms with Gasteiger partial charge in [0.2, 0.25) is 5.91 Å². The monoisotopic (exact) mass is 344 g/mol. The van der Waals surface area contributed by atoms with Gasteiger partial charge in [-0.1, -0.05) is 12.1 Å². The van der Waals surface area contributed by atoms with Crippen LogP contribution >= 0.6 is 0 Å². The Kier molecular flexibility index (Phi) is 5.79. The minimum Gasteiger partial charge on any atom is -0.374 e. The first-order chi connectivity index (χ1) is 12.1. The zero-order chi connectivity index (χ0) is 17.6. The number of hydrogen-bond donors (Lipinski definition) is 2. The van der Waals surface area contributed by atoms with Crippen LogP contribution < -0.4 is 15.5 Å². The highest BCUT2D eigenvalue weighted by atomic mass is 16.2. The number of anilines is 1. The highest BCUT2D eigenvalue weighted by Gasteiger charge is 2.17. The second-order valence-corrected chi connectivity index (χ2v) is 6.94. The van der Waals surface area contributed by atoms with Gasteiger partial charge in [-0.3, -0.25) is 4.79 Å². The fourth-order valence-corrected chi connectivity index (χ4v) is 3.60. The molecule has 3 amide bonds. The fourth-order valence-electron chi connectivity index (χ4n) is 3.60. The smallest absolute Gasteiger partial charge is 0.315 e. The first-order valence-corrected chi connectivity index (χ1v) is 9.26. The summed E-state index contributed by atoms with van der Waals surface area (Å²) in [7, 11) is 2.12. The van der Waals surface area contributed by atoms with Gasteiger partial charge in [0.05, 0.1) is 0 Å². The Hall–Kier alpha value is -2.24. The molecule has 1 aromatic carbocycles. The minimum atomic E-state index is -0.218. The number of amides is 3. The van der Waals surface area contributed by atoms with Crippen molar-refractivity contribution in [3.63, 3.8) is 0 Å². The van der Waals surface area contributed by atoms with Crippen molar-refractivity contribution < 1.29 is 9.59 Å². The van der Waals surface area contributed by atoms with Gasteiger partial charge >= 0.3 is 6.03 Å². The number of urea groups is 1. The largest absolute Gasteiger partial charge is 0.374 e. The van der Waals surface area contributed by atoms with E-state index in [1.54, 1.807) is 0 Å². The van der Waals surface area contributed by atoms with Crippen molar-refractivity contribution in [1.82, 2.24) is 15.5 Å². The number of fused-ring (bicyclic) bond motifs is 1. The van der Waals surface area contributed by atoms with Crippen LogP contribution in [0.3, 0.4) is 0 Å². The maximum atomic E-state index is 11.9. The summed E-state index contributed by atoms with van der Waals surface area (Å²) in [4.78, 5) is 28.0. The number of hydrogen-bond acceptors (Lipinski definition) is 3. The number of nitrogens with zero attached hydrogens (tertiary/aromatic N) is 2. The molecule has 0 unspecified atom stereocenters. The summed E-state index contributed by atoms with van der Waals surface area (Å²) in [5, 5.41) is 5.64. The number of carbonyl (C=O) groups is 2. The van der Waals surface area contributed by atoms with Gasteiger partial charge in [-0.15, -0.1) is 0 Å². The van der Waals surface area contributed by atoms with Crippen LogP contribution in [0.2, 0.25) is 0 Å². The molecular formula is C19H28N4O2. The van der Waals surface area contributed by atoms with Gasteiger partial charge in [-0.25, -0.2) is 4.79 Å². The summed E-state index contributed by atoms with van der Waals surface area (Å²) in [6.45, 7) is 3.71. The van der Waals surface area contributed by atoms with Crippen LogP contribution in [0.1, 0.15) is 36.8 Å². The average Bonchev–Trinajstić information content (AvgIpc) is 3.15. The van der Waals surface area contributed by atoms with E-state index < -0.39 is 0 Å². The predicted molar refractivity (Wildman–Crippen MR) is 98.7 cm³/mol. The molecule has 6 nitrogen and oxygen atoms in total. The Bertz CT molecular complexity index is 626. The highest BCUT2D eigenvalue weighted by molar-refractivity contribution is 5.78. The normalized spacial score (nSPS) is 16.5. The van der Waals surface area contributed by atoms with Crippen LogP contribution in [0.25, 0.3) is 0 Å². The number of carbonyl (C=O) groups excluding carboxylic acids is 2. The van der Waals surface area contributed by atoms with Crippen molar-refractivity contribution >= 4 is 17.6 Å². The van der Waals surface area contributed by atoms with E-state index in [0.717, 1.165) is 44.5 Å². The van der Waals surface area contributed by atoms with Gasteiger partial charge in [0, 0.05) is 51.9 Å². The number of benzene rings is 1. The molecule has 1 aromatic rings. The molecule has 2 heterocycles. The lowest BCUT2D eigenvalue weighted by atomic mass is 9.99. The predicted octanol–water partition coefficient (Wildman–Crippen LogP) is 1.88. The molecule has 25 heavy (non-hydrogen) atoms. The number of rotatable bonds is 5. The van der Waals surface area contributed by atoms with Gasteiger partial charge < -0.3 is 20.4 Å². The first-order valence-electron chi connectivity index (χ1n) is 9.26. The number of likely N-dealkylation sites (tertiary alicyclic amines) is 1. The summed E-state index contributed by atoms with van der Waals surface area (Å²) < 4.78 is 0. The van der Waals surface area contributed by atoms with Crippen LogP contribution in [0.15, 0.2) is 18.2 Å². The van der Waals surface area contributed by atoms with E-state index in [1.807, 2.05) is 4.90 Å². The molecule has 0 aromatic heterocycles. The lowest BCUT2D eigenvalue weighted by Gasteiger charge is -2.27. The Morgan fingerprint density at radius 2 is 1.88 bits per heavy atom. The molecule has 1 saturated heterocycles. The van der Waals surface area contributed by atoms with Gasteiger partial charge in [0.1, 0.15) is 0 Å². The topological polar surface area (TPSA) is 64.7 Å². The zero-order valence-corrected chi connectivity index (χ0v) is 15.0. The summed E-state index contributed by atoms with van der Waals surface area (Å²) in [5.74, 6) is 0.136. The molecule has 0 spiro atoms. The van der Waals surface area contributed by atoms with Gasteiger partial charge in [-0.2, -0.15) is 0 Å². The maximum Gasteiger partial charge on any atom is 0.315 e. The van der Waals surface area contributed by atoms with E-state index in [1.165, 1.54) is 17.7 Å². The molecule has 136 valence electrons. The summed E-state index contributed by atoms with van der Waals surface area (Å²) in [6.07, 6.45) is 4.83. The average molecular weight is 344 g/mol. The molecular weight excluding hydrogens is 316 g/mol. The second kappa shape index (κ2) is 8.23. The van der Waals surface area contributed by atoms with E-state index in [4.69, 9.17) is 0 Å².